The maximum absolute atomic E-state index is 12.2. The first-order chi connectivity index (χ1) is 25.0. The Labute approximate surface area is 340 Å². The molecule has 0 amide bonds. The zero-order chi connectivity index (χ0) is 38.7. The van der Waals surface area contributed by atoms with Crippen LogP contribution in [0.15, 0.2) is 89.2 Å². The van der Waals surface area contributed by atoms with Gasteiger partial charge in [0, 0.05) is 59.0 Å². The molecule has 0 atom stereocenters. The number of carbonyl (C=O) groups is 1. The second kappa shape index (κ2) is 17.5. The third-order valence-electron chi connectivity index (χ3n) is 11.4. The molecule has 0 aliphatic heterocycles. The molecule has 4 nitrogen and oxygen atoms in total. The molecule has 6 aromatic rings. The Balaban J connectivity index is 0.000000309. The van der Waals surface area contributed by atoms with Crippen LogP contribution in [-0.4, -0.2) is 15.9 Å². The first kappa shape index (κ1) is 43.2. The Bertz CT molecular complexity index is 2240. The number of ketones is 1. The molecule has 54 heavy (non-hydrogen) atoms. The number of furan rings is 1. The summed E-state index contributed by atoms with van der Waals surface area (Å²) in [5.74, 6) is 1.82. The zero-order valence-electron chi connectivity index (χ0n) is 34.1. The molecular weight excluding hydrogens is 863 g/mol. The average molecular weight is 921 g/mol. The van der Waals surface area contributed by atoms with Gasteiger partial charge in [-0.2, -0.15) is 0 Å². The molecule has 3 aromatic carbocycles. The van der Waals surface area contributed by atoms with E-state index in [9.17, 15) is 9.90 Å². The number of nitrogens with zero attached hydrogens (tertiary/aromatic N) is 1. The van der Waals surface area contributed by atoms with Crippen LogP contribution in [0.5, 0.6) is 0 Å². The average Bonchev–Trinajstić information content (AvgIpc) is 3.77. The maximum Gasteiger partial charge on any atom is 0.164 e. The topological polar surface area (TPSA) is 63.3 Å². The molecule has 6 rings (SSSR count). The quantitative estimate of drug-likeness (QED) is 0.0799. The predicted octanol–water partition coefficient (Wildman–Crippen LogP) is 14.5. The largest absolute Gasteiger partial charge is 0.512 e. The third-order valence-corrected chi connectivity index (χ3v) is 12.5. The smallest absolute Gasteiger partial charge is 0.164 e. The number of hydrogen-bond donors (Lipinski definition) is 1. The van der Waals surface area contributed by atoms with Crippen molar-refractivity contribution in [3.8, 4) is 21.9 Å². The molecule has 1 radical (unpaired) electrons. The van der Waals surface area contributed by atoms with Gasteiger partial charge in [0.15, 0.2) is 5.78 Å². The van der Waals surface area contributed by atoms with Gasteiger partial charge in [-0.15, -0.1) is 40.5 Å². The van der Waals surface area contributed by atoms with Crippen LogP contribution in [0, 0.1) is 22.8 Å². The van der Waals surface area contributed by atoms with Crippen molar-refractivity contribution < 1.29 is 34.4 Å². The van der Waals surface area contributed by atoms with Crippen molar-refractivity contribution in [2.45, 2.75) is 114 Å². The molecule has 0 aliphatic carbocycles. The number of aliphatic hydroxyl groups excluding tert-OH is 1. The van der Waals surface area contributed by atoms with Crippen LogP contribution in [0.4, 0.5) is 0 Å². The summed E-state index contributed by atoms with van der Waals surface area (Å²) in [5.41, 5.74) is 4.87. The van der Waals surface area contributed by atoms with E-state index in [1.165, 1.54) is 32.7 Å². The molecule has 6 heteroatoms. The number of allylic oxidation sites excluding steroid dienone is 2. The normalized spacial score (nSPS) is 12.6. The van der Waals surface area contributed by atoms with Crippen molar-refractivity contribution >= 4 is 48.9 Å². The van der Waals surface area contributed by atoms with Gasteiger partial charge < -0.3 is 9.52 Å². The van der Waals surface area contributed by atoms with Gasteiger partial charge in [-0.25, -0.2) is 0 Å². The molecular formula is C48H58IrNO3S-. The van der Waals surface area contributed by atoms with E-state index < -0.39 is 0 Å². The monoisotopic (exact) mass is 921 g/mol. The Morgan fingerprint density at radius 1 is 0.870 bits per heavy atom. The van der Waals surface area contributed by atoms with Gasteiger partial charge in [-0.3, -0.25) is 9.78 Å². The second-order valence-electron chi connectivity index (χ2n) is 16.6. The van der Waals surface area contributed by atoms with Crippen LogP contribution < -0.4 is 0 Å². The summed E-state index contributed by atoms with van der Waals surface area (Å²) >= 11 is 1.78. The van der Waals surface area contributed by atoms with Crippen LogP contribution in [0.1, 0.15) is 113 Å². The van der Waals surface area contributed by atoms with E-state index in [2.05, 4.69) is 101 Å². The number of pyridine rings is 1. The van der Waals surface area contributed by atoms with Gasteiger partial charge in [0.2, 0.25) is 0 Å². The maximum atomic E-state index is 12.2. The van der Waals surface area contributed by atoms with Gasteiger partial charge in [0.05, 0.1) is 4.88 Å². The van der Waals surface area contributed by atoms with Crippen LogP contribution in [0.25, 0.3) is 53.7 Å². The first-order valence-corrected chi connectivity index (χ1v) is 20.2. The van der Waals surface area contributed by atoms with Crippen molar-refractivity contribution in [1.82, 2.24) is 4.98 Å². The van der Waals surface area contributed by atoms with Crippen LogP contribution in [-0.2, 0) is 36.7 Å². The van der Waals surface area contributed by atoms with E-state index in [-0.39, 0.29) is 47.9 Å². The van der Waals surface area contributed by atoms with Crippen molar-refractivity contribution in [2.75, 3.05) is 0 Å². The van der Waals surface area contributed by atoms with E-state index in [0.29, 0.717) is 5.92 Å². The number of aromatic nitrogens is 1. The molecule has 0 fully saturated rings. The predicted molar refractivity (Wildman–Crippen MR) is 227 cm³/mol. The molecule has 0 unspecified atom stereocenters. The summed E-state index contributed by atoms with van der Waals surface area (Å²) < 4.78 is 7.67. The molecule has 0 saturated carbocycles. The number of benzene rings is 3. The number of carbonyl (C=O) groups excluding carboxylic acids is 1. The minimum atomic E-state index is -0.337. The Hall–Kier alpha value is -3.57. The summed E-state index contributed by atoms with van der Waals surface area (Å²) in [7, 11) is 0. The zero-order valence-corrected chi connectivity index (χ0v) is 37.3. The minimum absolute atomic E-state index is 0. The summed E-state index contributed by atoms with van der Waals surface area (Å²) in [4.78, 5) is 18.1. The number of thiophene rings is 1. The molecule has 0 saturated heterocycles. The van der Waals surface area contributed by atoms with Crippen molar-refractivity contribution in [3.63, 3.8) is 0 Å². The fraction of sp³-hybridized carbons (Fsp3) is 0.417. The number of aliphatic hydroxyl groups is 1. The van der Waals surface area contributed by atoms with E-state index in [1.807, 2.05) is 53.8 Å². The van der Waals surface area contributed by atoms with E-state index >= 15 is 0 Å². The van der Waals surface area contributed by atoms with Crippen molar-refractivity contribution in [3.05, 3.63) is 102 Å². The standard InChI is InChI=1S/C33H30NOS.C15H28O2.Ir/c1-20(2)14-21-10-11-30-23(15-21)18-31(36-30)29-19-26-28(35-29)12-13-34-32(26)24-16-22-8-6-7-9-25(22)27(17-24)33(3,4)5;1-7-14(5,8-2)12(16)11-13(17)15(6,9-3)10-4;/h6-13,15,17-20H,14H2,1-5H3;11,16H,7-10H2,1-6H3;/q-1;;/b;12-11-;. The van der Waals surface area contributed by atoms with Gasteiger partial charge in [-0.05, 0) is 78.7 Å². The minimum Gasteiger partial charge on any atom is -0.512 e. The van der Waals surface area contributed by atoms with Crippen molar-refractivity contribution in [2.24, 2.45) is 16.7 Å². The van der Waals surface area contributed by atoms with Gasteiger partial charge in [-0.1, -0.05) is 117 Å². The molecule has 0 bridgehead atoms. The number of fused-ring (bicyclic) bond motifs is 3. The number of rotatable bonds is 11. The van der Waals surface area contributed by atoms with Crippen LogP contribution >= 0.6 is 11.3 Å². The summed E-state index contributed by atoms with van der Waals surface area (Å²) in [6.45, 7) is 23.4. The summed E-state index contributed by atoms with van der Waals surface area (Å²) in [6, 6.07) is 27.6. The SMILES string of the molecule is CC(C)Cc1ccc2sc(-c3cc4c(-c5[c-]c6ccccc6c(C(C)(C)C)c5)nccc4o3)cc2c1.CCC(C)(CC)C(=O)/C=C(\O)C(C)(CC)CC.[Ir]. The van der Waals surface area contributed by atoms with Crippen LogP contribution in [0.2, 0.25) is 0 Å². The summed E-state index contributed by atoms with van der Waals surface area (Å²) in [5, 5.41) is 14.8. The van der Waals surface area contributed by atoms with E-state index in [4.69, 9.17) is 9.40 Å². The molecule has 0 spiro atoms. The van der Waals surface area contributed by atoms with Crippen molar-refractivity contribution in [1.29, 1.82) is 0 Å². The molecule has 3 heterocycles. The molecule has 0 aliphatic rings. The van der Waals surface area contributed by atoms with Gasteiger partial charge in [0.1, 0.15) is 17.1 Å². The second-order valence-corrected chi connectivity index (χ2v) is 17.7. The summed E-state index contributed by atoms with van der Waals surface area (Å²) in [6.07, 6.45) is 7.69. The first-order valence-electron chi connectivity index (χ1n) is 19.4. The Morgan fingerprint density at radius 3 is 2.17 bits per heavy atom. The fourth-order valence-electron chi connectivity index (χ4n) is 6.77. The van der Waals surface area contributed by atoms with E-state index in [1.54, 1.807) is 11.3 Å². The van der Waals surface area contributed by atoms with Gasteiger partial charge >= 0.3 is 0 Å². The molecule has 1 N–H and O–H groups in total. The third kappa shape index (κ3) is 9.27. The Morgan fingerprint density at radius 2 is 1.54 bits per heavy atom. The van der Waals surface area contributed by atoms with Gasteiger partial charge in [0.25, 0.3) is 0 Å². The molecule has 3 aromatic heterocycles. The Kier molecular flexibility index (Phi) is 14.0. The van der Waals surface area contributed by atoms with Crippen LogP contribution in [0.3, 0.4) is 0 Å². The van der Waals surface area contributed by atoms with E-state index in [0.717, 1.165) is 70.4 Å². The molecule has 289 valence electrons. The number of hydrogen-bond acceptors (Lipinski definition) is 5. The fourth-order valence-corrected chi connectivity index (χ4v) is 7.77.